The molecule has 0 amide bonds. The molecule has 0 aliphatic carbocycles. The minimum atomic E-state index is -0.114. The van der Waals surface area contributed by atoms with Gasteiger partial charge in [-0.2, -0.15) is 0 Å². The highest BCUT2D eigenvalue weighted by atomic mass is 32.1. The lowest BCUT2D eigenvalue weighted by Gasteiger charge is -2.11. The maximum absolute atomic E-state index is 11.4. The first kappa shape index (κ1) is 11.0. The molecular weight excluding hydrogens is 222 g/mol. The van der Waals surface area contributed by atoms with Crippen LogP contribution in [-0.4, -0.2) is 14.5 Å². The zero-order valence-corrected chi connectivity index (χ0v) is 10.3. The van der Waals surface area contributed by atoms with Crippen molar-refractivity contribution in [1.29, 1.82) is 0 Å². The largest absolute Gasteiger partial charge is 0.321 e. The molecule has 0 bridgehead atoms. The quantitative estimate of drug-likeness (QED) is 0.772. The van der Waals surface area contributed by atoms with E-state index in [9.17, 15) is 4.79 Å². The number of pyridine rings is 1. The first-order valence-electron chi connectivity index (χ1n) is 5.12. The van der Waals surface area contributed by atoms with Gasteiger partial charge in [-0.15, -0.1) is 0 Å². The van der Waals surface area contributed by atoms with Crippen molar-refractivity contribution in [3.63, 3.8) is 0 Å². The Labute approximate surface area is 98.0 Å². The second-order valence-corrected chi connectivity index (χ2v) is 4.48. The Kier molecular flexibility index (Phi) is 2.63. The van der Waals surface area contributed by atoms with Crippen molar-refractivity contribution in [3.05, 3.63) is 33.0 Å². The van der Waals surface area contributed by atoms with Gasteiger partial charge in [-0.1, -0.05) is 0 Å². The lowest BCUT2D eigenvalue weighted by Crippen LogP contribution is -2.12. The molecule has 0 aliphatic heterocycles. The van der Waals surface area contributed by atoms with Crippen LogP contribution in [0.25, 0.3) is 11.0 Å². The summed E-state index contributed by atoms with van der Waals surface area (Å²) < 4.78 is 2.40. The standard InChI is InChI=1S/C11H13N3OS/c1-6(2)14-5-8-4-7(3)10(15)12-9(8)13-11(14)16/h4-6H,1-3H3,(H,12,13,15,16). The van der Waals surface area contributed by atoms with Crippen LogP contribution in [0.2, 0.25) is 0 Å². The van der Waals surface area contributed by atoms with Crippen molar-refractivity contribution < 1.29 is 0 Å². The van der Waals surface area contributed by atoms with Gasteiger partial charge in [0.2, 0.25) is 4.77 Å². The monoisotopic (exact) mass is 235 g/mol. The highest BCUT2D eigenvalue weighted by Crippen LogP contribution is 2.12. The number of fused-ring (bicyclic) bond motifs is 1. The summed E-state index contributed by atoms with van der Waals surface area (Å²) in [6.07, 6.45) is 1.93. The number of hydrogen-bond acceptors (Lipinski definition) is 3. The average molecular weight is 235 g/mol. The predicted molar refractivity (Wildman–Crippen MR) is 66.3 cm³/mol. The van der Waals surface area contributed by atoms with Crippen LogP contribution in [-0.2, 0) is 0 Å². The normalized spacial score (nSPS) is 11.2. The summed E-state index contributed by atoms with van der Waals surface area (Å²) in [7, 11) is 0. The number of rotatable bonds is 1. The molecule has 2 aromatic rings. The van der Waals surface area contributed by atoms with E-state index in [2.05, 4.69) is 9.97 Å². The Morgan fingerprint density at radius 1 is 1.50 bits per heavy atom. The first-order chi connectivity index (χ1) is 7.49. The molecule has 16 heavy (non-hydrogen) atoms. The third-order valence-corrected chi connectivity index (χ3v) is 2.80. The lowest BCUT2D eigenvalue weighted by molar-refractivity contribution is 0.581. The van der Waals surface area contributed by atoms with Gasteiger partial charge < -0.3 is 9.55 Å². The summed E-state index contributed by atoms with van der Waals surface area (Å²) in [6.45, 7) is 5.86. The van der Waals surface area contributed by atoms with Crippen molar-refractivity contribution in [2.75, 3.05) is 0 Å². The molecule has 2 rings (SSSR count). The molecule has 0 radical (unpaired) electrons. The number of hydrogen-bond donors (Lipinski definition) is 1. The number of aromatic amines is 1. The van der Waals surface area contributed by atoms with Crippen molar-refractivity contribution in [3.8, 4) is 0 Å². The Balaban J connectivity index is 2.85. The van der Waals surface area contributed by atoms with Gasteiger partial charge in [0.25, 0.3) is 5.56 Å². The van der Waals surface area contributed by atoms with Gasteiger partial charge in [-0.25, -0.2) is 4.98 Å². The lowest BCUT2D eigenvalue weighted by atomic mass is 10.2. The second-order valence-electron chi connectivity index (χ2n) is 4.11. The van der Waals surface area contributed by atoms with Crippen LogP contribution in [0.3, 0.4) is 0 Å². The topological polar surface area (TPSA) is 50.7 Å². The van der Waals surface area contributed by atoms with E-state index in [0.29, 0.717) is 16.0 Å². The van der Waals surface area contributed by atoms with Crippen LogP contribution >= 0.6 is 12.2 Å². The van der Waals surface area contributed by atoms with E-state index in [1.54, 1.807) is 6.92 Å². The van der Waals surface area contributed by atoms with Crippen LogP contribution < -0.4 is 5.56 Å². The summed E-state index contributed by atoms with van der Waals surface area (Å²) in [5.74, 6) is 0. The fourth-order valence-corrected chi connectivity index (χ4v) is 1.92. The van der Waals surface area contributed by atoms with Gasteiger partial charge in [0.05, 0.1) is 0 Å². The van der Waals surface area contributed by atoms with Gasteiger partial charge in [0.15, 0.2) is 0 Å². The average Bonchev–Trinajstić information content (AvgIpc) is 2.19. The van der Waals surface area contributed by atoms with Crippen molar-refractivity contribution in [1.82, 2.24) is 14.5 Å². The molecule has 0 atom stereocenters. The van der Waals surface area contributed by atoms with Gasteiger partial charge in [0, 0.05) is 23.2 Å². The molecule has 84 valence electrons. The number of aromatic nitrogens is 3. The molecule has 0 fully saturated rings. The maximum atomic E-state index is 11.4. The third-order valence-electron chi connectivity index (χ3n) is 2.50. The highest BCUT2D eigenvalue weighted by molar-refractivity contribution is 7.71. The molecule has 0 saturated heterocycles. The molecule has 4 nitrogen and oxygen atoms in total. The number of aryl methyl sites for hydroxylation is 1. The van der Waals surface area contributed by atoms with Crippen LogP contribution in [0.4, 0.5) is 0 Å². The van der Waals surface area contributed by atoms with E-state index < -0.39 is 0 Å². The molecule has 0 saturated carbocycles. The van der Waals surface area contributed by atoms with Crippen LogP contribution in [0.15, 0.2) is 17.1 Å². The van der Waals surface area contributed by atoms with Crippen LogP contribution in [0, 0.1) is 11.7 Å². The summed E-state index contributed by atoms with van der Waals surface area (Å²) >= 11 is 5.16. The molecule has 0 spiro atoms. The van der Waals surface area contributed by atoms with Crippen LogP contribution in [0.5, 0.6) is 0 Å². The third kappa shape index (κ3) is 1.78. The number of H-pyrrole nitrogens is 1. The van der Waals surface area contributed by atoms with Crippen molar-refractivity contribution >= 4 is 23.3 Å². The minimum absolute atomic E-state index is 0.114. The van der Waals surface area contributed by atoms with E-state index in [1.807, 2.05) is 30.7 Å². The summed E-state index contributed by atoms with van der Waals surface area (Å²) in [6, 6.07) is 2.09. The molecule has 1 N–H and O–H groups in total. The van der Waals surface area contributed by atoms with E-state index in [1.165, 1.54) is 0 Å². The Morgan fingerprint density at radius 3 is 2.81 bits per heavy atom. The summed E-state index contributed by atoms with van der Waals surface area (Å²) in [4.78, 5) is 18.4. The molecular formula is C11H13N3OS. The van der Waals surface area contributed by atoms with Crippen molar-refractivity contribution in [2.45, 2.75) is 26.8 Å². The number of nitrogens with zero attached hydrogens (tertiary/aromatic N) is 2. The molecule has 0 aliphatic rings. The fourth-order valence-electron chi connectivity index (χ4n) is 1.56. The molecule has 2 aromatic heterocycles. The Bertz CT molecular complexity index is 654. The fraction of sp³-hybridized carbons (Fsp3) is 0.364. The van der Waals surface area contributed by atoms with Gasteiger partial charge >= 0.3 is 0 Å². The van der Waals surface area contributed by atoms with E-state index in [0.717, 1.165) is 5.39 Å². The van der Waals surface area contributed by atoms with Gasteiger partial charge in [-0.3, -0.25) is 4.79 Å². The minimum Gasteiger partial charge on any atom is -0.321 e. The smallest absolute Gasteiger partial charge is 0.252 e. The molecule has 0 unspecified atom stereocenters. The molecule has 5 heteroatoms. The zero-order valence-electron chi connectivity index (χ0n) is 9.44. The Morgan fingerprint density at radius 2 is 2.19 bits per heavy atom. The van der Waals surface area contributed by atoms with E-state index in [-0.39, 0.29) is 11.6 Å². The van der Waals surface area contributed by atoms with Crippen molar-refractivity contribution in [2.24, 2.45) is 0 Å². The SMILES string of the molecule is Cc1cc2cn(C(C)C)c(=S)nc2[nH]c1=O. The first-order valence-corrected chi connectivity index (χ1v) is 5.52. The predicted octanol–water partition coefficient (Wildman–Crippen LogP) is 2.34. The van der Waals surface area contributed by atoms with E-state index >= 15 is 0 Å². The van der Waals surface area contributed by atoms with Gasteiger partial charge in [-0.05, 0) is 39.1 Å². The second kappa shape index (κ2) is 3.83. The van der Waals surface area contributed by atoms with Crippen LogP contribution in [0.1, 0.15) is 25.5 Å². The van der Waals surface area contributed by atoms with Gasteiger partial charge in [0.1, 0.15) is 5.65 Å². The molecule has 0 aromatic carbocycles. The molecule has 2 heterocycles. The highest BCUT2D eigenvalue weighted by Gasteiger charge is 2.04. The van der Waals surface area contributed by atoms with E-state index in [4.69, 9.17) is 12.2 Å². The Hall–Kier alpha value is -1.49. The zero-order chi connectivity index (χ0) is 11.9. The summed E-state index contributed by atoms with van der Waals surface area (Å²) in [5.41, 5.74) is 1.12. The number of nitrogens with one attached hydrogen (secondary N) is 1. The maximum Gasteiger partial charge on any atom is 0.252 e. The summed E-state index contributed by atoms with van der Waals surface area (Å²) in [5, 5.41) is 0.902.